The van der Waals surface area contributed by atoms with E-state index >= 15 is 0 Å². The average molecular weight is 252 g/mol. The summed E-state index contributed by atoms with van der Waals surface area (Å²) in [5, 5.41) is -0.00920. The summed E-state index contributed by atoms with van der Waals surface area (Å²) in [4.78, 5) is 0. The summed E-state index contributed by atoms with van der Waals surface area (Å²) in [6, 6.07) is 3.87. The molecule has 7 heteroatoms. The lowest BCUT2D eigenvalue weighted by molar-refractivity contribution is -0.148. The first kappa shape index (κ1) is 13.2. The molecule has 0 N–H and O–H groups in total. The molecule has 0 saturated heterocycles. The summed E-state index contributed by atoms with van der Waals surface area (Å²) in [6.45, 7) is -1.44. The third kappa shape index (κ3) is 3.30. The lowest BCUT2D eigenvalue weighted by atomic mass is 9.97. The zero-order valence-corrected chi connectivity index (χ0v) is 8.65. The number of rotatable bonds is 4. The van der Waals surface area contributed by atoms with Crippen LogP contribution in [0.4, 0.5) is 17.6 Å². The monoisotopic (exact) mass is 252 g/mol. The molecule has 0 bridgehead atoms. The van der Waals surface area contributed by atoms with Crippen molar-refractivity contribution < 1.29 is 22.3 Å². The summed E-state index contributed by atoms with van der Waals surface area (Å²) in [6.07, 6.45) is -3.78. The Morgan fingerprint density at radius 1 is 1.38 bits per heavy atom. The van der Waals surface area contributed by atoms with Gasteiger partial charge in [-0.15, -0.1) is 0 Å². The van der Waals surface area contributed by atoms with E-state index in [1.165, 1.54) is 18.2 Å². The number of hydrogen-bond acceptors (Lipinski definition) is 1. The first-order valence-corrected chi connectivity index (χ1v) is 4.54. The van der Waals surface area contributed by atoms with Crippen LogP contribution in [0.25, 0.3) is 0 Å². The fourth-order valence-corrected chi connectivity index (χ4v) is 1.11. The second kappa shape index (κ2) is 4.95. The first-order chi connectivity index (χ1) is 7.33. The molecule has 0 aliphatic carbocycles. The van der Waals surface area contributed by atoms with Crippen LogP contribution in [0.3, 0.4) is 0 Å². The maximum Gasteiger partial charge on any atom is 0.340 e. The lowest BCUT2D eigenvalue weighted by Crippen LogP contribution is -2.33. The molecule has 0 aliphatic heterocycles. The van der Waals surface area contributed by atoms with Gasteiger partial charge in [0.05, 0.1) is 5.02 Å². The van der Waals surface area contributed by atoms with Crippen molar-refractivity contribution in [2.75, 3.05) is 6.61 Å². The van der Waals surface area contributed by atoms with Crippen molar-refractivity contribution in [2.45, 2.75) is 12.3 Å². The molecule has 86 valence electrons. The number of hydrogen-bond donors (Lipinski definition) is 0. The summed E-state index contributed by atoms with van der Waals surface area (Å²) >= 11 is 5.60. The van der Waals surface area contributed by atoms with E-state index in [1.54, 1.807) is 0 Å². The molecule has 0 heterocycles. The molecule has 0 aromatic heterocycles. The first-order valence-electron chi connectivity index (χ1n) is 4.17. The third-order valence-corrected chi connectivity index (χ3v) is 1.99. The molecule has 0 unspecified atom stereocenters. The van der Waals surface area contributed by atoms with Crippen molar-refractivity contribution in [2.24, 2.45) is 0 Å². The Labute approximate surface area is 95.8 Å². The summed E-state index contributed by atoms with van der Waals surface area (Å²) < 4.78 is 53.1. The molecule has 1 aromatic carbocycles. The quantitative estimate of drug-likeness (QED) is 0.591. The van der Waals surface area contributed by atoms with Gasteiger partial charge in [0.25, 0.3) is 0 Å². The molecule has 0 aliphatic rings. The Kier molecular flexibility index (Phi) is 4.07. The SMILES string of the molecule is [B]c1ccc(OCC(F)(F)C(F)F)c(Cl)c1. The Hall–Kier alpha value is -0.905. The Balaban J connectivity index is 2.68. The van der Waals surface area contributed by atoms with E-state index in [1.807, 2.05) is 0 Å². The van der Waals surface area contributed by atoms with Crippen molar-refractivity contribution in [3.05, 3.63) is 23.2 Å². The van der Waals surface area contributed by atoms with Crippen LogP contribution in [0.15, 0.2) is 18.2 Å². The van der Waals surface area contributed by atoms with Crippen LogP contribution in [0.1, 0.15) is 0 Å². The number of halogens is 5. The van der Waals surface area contributed by atoms with Crippen molar-refractivity contribution in [3.63, 3.8) is 0 Å². The molecule has 1 aromatic rings. The summed E-state index contributed by atoms with van der Waals surface area (Å²) in [7, 11) is 5.35. The topological polar surface area (TPSA) is 9.23 Å². The van der Waals surface area contributed by atoms with Crippen LogP contribution in [0, 0.1) is 0 Å². The zero-order valence-electron chi connectivity index (χ0n) is 7.89. The maximum absolute atomic E-state index is 12.5. The van der Waals surface area contributed by atoms with Gasteiger partial charge >= 0.3 is 12.3 Å². The van der Waals surface area contributed by atoms with Crippen LogP contribution in [0.5, 0.6) is 5.75 Å². The maximum atomic E-state index is 12.5. The summed E-state index contributed by atoms with van der Waals surface area (Å²) in [5.41, 5.74) is 0.318. The average Bonchev–Trinajstić information content (AvgIpc) is 2.16. The van der Waals surface area contributed by atoms with Gasteiger partial charge in [-0.2, -0.15) is 8.78 Å². The largest absolute Gasteiger partial charge is 0.486 e. The number of ether oxygens (including phenoxy) is 1. The predicted molar refractivity (Wildman–Crippen MR) is 53.3 cm³/mol. The van der Waals surface area contributed by atoms with Gasteiger partial charge in [0.1, 0.15) is 13.6 Å². The van der Waals surface area contributed by atoms with Crippen LogP contribution in [-0.2, 0) is 0 Å². The van der Waals surface area contributed by atoms with Crippen molar-refractivity contribution in [3.8, 4) is 5.75 Å². The molecule has 0 atom stereocenters. The normalized spacial score (nSPS) is 11.9. The predicted octanol–water partition coefficient (Wildman–Crippen LogP) is 2.41. The Bertz CT molecular complexity index is 373. The number of benzene rings is 1. The molecule has 2 radical (unpaired) electrons. The van der Waals surface area contributed by atoms with E-state index < -0.39 is 19.0 Å². The molecular weight excluding hydrogens is 246 g/mol. The minimum atomic E-state index is -4.20. The van der Waals surface area contributed by atoms with E-state index in [2.05, 4.69) is 4.74 Å². The smallest absolute Gasteiger partial charge is 0.340 e. The van der Waals surface area contributed by atoms with Gasteiger partial charge < -0.3 is 4.74 Å². The molecule has 0 amide bonds. The molecular formula is C9H6BClF4O. The highest BCUT2D eigenvalue weighted by Crippen LogP contribution is 2.27. The second-order valence-corrected chi connectivity index (χ2v) is 3.45. The van der Waals surface area contributed by atoms with E-state index in [9.17, 15) is 17.6 Å². The van der Waals surface area contributed by atoms with E-state index in [0.29, 0.717) is 5.46 Å². The van der Waals surface area contributed by atoms with E-state index in [-0.39, 0.29) is 10.8 Å². The number of alkyl halides is 4. The van der Waals surface area contributed by atoms with E-state index in [0.717, 1.165) is 0 Å². The lowest BCUT2D eigenvalue weighted by Gasteiger charge is -2.16. The van der Waals surface area contributed by atoms with Gasteiger partial charge in [-0.05, 0) is 12.1 Å². The second-order valence-electron chi connectivity index (χ2n) is 3.04. The molecule has 0 fully saturated rings. The molecule has 1 nitrogen and oxygen atoms in total. The highest BCUT2D eigenvalue weighted by molar-refractivity contribution is 6.37. The van der Waals surface area contributed by atoms with Crippen molar-refractivity contribution >= 4 is 24.9 Å². The highest BCUT2D eigenvalue weighted by atomic mass is 35.5. The molecule has 16 heavy (non-hydrogen) atoms. The van der Waals surface area contributed by atoms with Gasteiger partial charge in [0.2, 0.25) is 0 Å². The van der Waals surface area contributed by atoms with Crippen LogP contribution >= 0.6 is 11.6 Å². The van der Waals surface area contributed by atoms with Gasteiger partial charge in [-0.25, -0.2) is 8.78 Å². The Morgan fingerprint density at radius 3 is 2.50 bits per heavy atom. The summed E-state index contributed by atoms with van der Waals surface area (Å²) in [5.74, 6) is -4.32. The van der Waals surface area contributed by atoms with Crippen LogP contribution in [0.2, 0.25) is 5.02 Å². The van der Waals surface area contributed by atoms with Gasteiger partial charge in [0, 0.05) is 0 Å². The minimum absolute atomic E-state index is 0.00920. The van der Waals surface area contributed by atoms with Gasteiger partial charge in [0.15, 0.2) is 6.61 Å². The van der Waals surface area contributed by atoms with Crippen LogP contribution < -0.4 is 10.2 Å². The van der Waals surface area contributed by atoms with Crippen molar-refractivity contribution in [1.82, 2.24) is 0 Å². The minimum Gasteiger partial charge on any atom is -0.486 e. The van der Waals surface area contributed by atoms with Crippen molar-refractivity contribution in [1.29, 1.82) is 0 Å². The van der Waals surface area contributed by atoms with Crippen LogP contribution in [-0.4, -0.2) is 26.8 Å². The highest BCUT2D eigenvalue weighted by Gasteiger charge is 2.41. The Morgan fingerprint density at radius 2 is 2.00 bits per heavy atom. The van der Waals surface area contributed by atoms with E-state index in [4.69, 9.17) is 19.4 Å². The molecule has 0 saturated carbocycles. The van der Waals surface area contributed by atoms with Gasteiger partial charge in [-0.3, -0.25) is 0 Å². The fraction of sp³-hybridized carbons (Fsp3) is 0.333. The molecule has 1 rings (SSSR count). The molecule has 0 spiro atoms. The standard InChI is InChI=1S/C9H6BClF4O/c10-5-1-2-7(6(11)3-5)16-4-9(14,15)8(12)13/h1-3,8H,4H2. The zero-order chi connectivity index (χ0) is 12.3. The fourth-order valence-electron chi connectivity index (χ4n) is 0.871. The third-order valence-electron chi connectivity index (χ3n) is 1.70. The van der Waals surface area contributed by atoms with Gasteiger partial charge in [-0.1, -0.05) is 23.1 Å².